The van der Waals surface area contributed by atoms with Gasteiger partial charge in [-0.05, 0) is 54.7 Å². The Hall–Kier alpha value is -1.77. The first-order chi connectivity index (χ1) is 14.8. The van der Waals surface area contributed by atoms with Crippen molar-refractivity contribution in [2.24, 2.45) is 0 Å². The smallest absolute Gasteiger partial charge is 0.369 e. The van der Waals surface area contributed by atoms with E-state index < -0.39 is 32.6 Å². The largest absolute Gasteiger partial charge is 0.497 e. The van der Waals surface area contributed by atoms with Gasteiger partial charge in [0, 0.05) is 6.54 Å². The highest BCUT2D eigenvalue weighted by Gasteiger charge is 2.58. The number of benzene rings is 2. The number of amides is 1. The number of hydrogen-bond donors (Lipinski definition) is 6. The molecule has 2 aromatic rings. The lowest BCUT2D eigenvalue weighted by Gasteiger charge is -2.29. The lowest BCUT2D eigenvalue weighted by molar-refractivity contribution is -0.122. The number of carbonyl (C=O) groups excluding carboxylic acids is 1. The van der Waals surface area contributed by atoms with Gasteiger partial charge in [0.25, 0.3) is 5.08 Å². The Balaban J connectivity index is 1.89. The summed E-state index contributed by atoms with van der Waals surface area (Å²) in [5, 5.41) is 11.1. The Morgan fingerprint density at radius 3 is 2.31 bits per heavy atom. The Kier molecular flexibility index (Phi) is 8.64. The van der Waals surface area contributed by atoms with Crippen molar-refractivity contribution in [3.8, 4) is 5.75 Å². The minimum absolute atomic E-state index is 0.0384. The number of aliphatic hydroxyl groups is 1. The van der Waals surface area contributed by atoms with Crippen molar-refractivity contribution in [3.05, 3.63) is 42.0 Å². The number of carbonyl (C=O) groups is 1. The molecule has 0 fully saturated rings. The predicted molar refractivity (Wildman–Crippen MR) is 119 cm³/mol. The van der Waals surface area contributed by atoms with Gasteiger partial charge in [0.1, 0.15) is 5.75 Å². The van der Waals surface area contributed by atoms with Gasteiger partial charge < -0.3 is 34.7 Å². The average Bonchev–Trinajstić information content (AvgIpc) is 2.72. The fourth-order valence-electron chi connectivity index (χ4n) is 3.42. The van der Waals surface area contributed by atoms with Crippen molar-refractivity contribution in [1.82, 2.24) is 5.32 Å². The van der Waals surface area contributed by atoms with Crippen molar-refractivity contribution in [3.63, 3.8) is 0 Å². The molecule has 0 heterocycles. The van der Waals surface area contributed by atoms with Crippen molar-refractivity contribution in [1.29, 1.82) is 0 Å². The molecule has 2 aromatic carbocycles. The molecule has 0 bridgehead atoms. The summed E-state index contributed by atoms with van der Waals surface area (Å²) < 4.78 is 27.9. The Bertz CT molecular complexity index is 1020. The maximum absolute atomic E-state index is 12.6. The summed E-state index contributed by atoms with van der Waals surface area (Å²) >= 11 is 0. The summed E-state index contributed by atoms with van der Waals surface area (Å²) in [6, 6.07) is 11.3. The van der Waals surface area contributed by atoms with Crippen LogP contribution in [0.4, 0.5) is 0 Å². The monoisotopic (exact) mass is 489 g/mol. The van der Waals surface area contributed by atoms with Gasteiger partial charge in [-0.25, -0.2) is 0 Å². The molecule has 178 valence electrons. The van der Waals surface area contributed by atoms with Gasteiger partial charge in [-0.3, -0.25) is 13.9 Å². The van der Waals surface area contributed by atoms with E-state index >= 15 is 0 Å². The first-order valence-electron chi connectivity index (χ1n) is 10.00. The minimum Gasteiger partial charge on any atom is -0.497 e. The van der Waals surface area contributed by atoms with Crippen LogP contribution in [0.1, 0.15) is 44.1 Å². The molecule has 0 radical (unpaired) electrons. The van der Waals surface area contributed by atoms with Crippen molar-refractivity contribution in [2.45, 2.75) is 43.6 Å². The average molecular weight is 489 g/mol. The number of ether oxygens (including phenoxy) is 1. The van der Waals surface area contributed by atoms with Crippen LogP contribution in [-0.4, -0.2) is 49.3 Å². The maximum Gasteiger partial charge on any atom is 0.369 e. The van der Waals surface area contributed by atoms with Crippen LogP contribution in [0.15, 0.2) is 36.4 Å². The third kappa shape index (κ3) is 5.97. The summed E-state index contributed by atoms with van der Waals surface area (Å²) in [7, 11) is -9.29. The second kappa shape index (κ2) is 10.4. The molecule has 12 heteroatoms. The fraction of sp³-hybridized carbons (Fsp3) is 0.450. The molecule has 0 aliphatic carbocycles. The van der Waals surface area contributed by atoms with Crippen LogP contribution in [0.3, 0.4) is 0 Å². The topological polar surface area (TPSA) is 174 Å². The Morgan fingerprint density at radius 1 is 1.06 bits per heavy atom. The van der Waals surface area contributed by atoms with Gasteiger partial charge in [-0.2, -0.15) is 0 Å². The molecule has 0 spiro atoms. The van der Waals surface area contributed by atoms with Crippen LogP contribution in [0, 0.1) is 0 Å². The molecule has 1 atom stereocenters. The molecule has 1 amide bonds. The van der Waals surface area contributed by atoms with E-state index in [1.807, 2.05) is 36.4 Å². The van der Waals surface area contributed by atoms with E-state index in [4.69, 9.17) is 24.3 Å². The van der Waals surface area contributed by atoms with E-state index in [1.165, 1.54) is 0 Å². The predicted octanol–water partition coefficient (Wildman–Crippen LogP) is 2.63. The lowest BCUT2D eigenvalue weighted by atomic mass is 9.94. The molecule has 0 aliphatic rings. The third-order valence-electron chi connectivity index (χ3n) is 5.40. The summed E-state index contributed by atoms with van der Waals surface area (Å²) in [6.45, 7) is 2.06. The number of hydrogen-bond acceptors (Lipinski definition) is 5. The summed E-state index contributed by atoms with van der Waals surface area (Å²) in [5.41, 5.74) is 0.857. The Labute approximate surface area is 185 Å². The quantitative estimate of drug-likeness (QED) is 0.205. The molecular weight excluding hydrogens is 460 g/mol. The van der Waals surface area contributed by atoms with Gasteiger partial charge in [-0.15, -0.1) is 0 Å². The van der Waals surface area contributed by atoms with Crippen LogP contribution in [0.2, 0.25) is 0 Å². The van der Waals surface area contributed by atoms with E-state index in [0.29, 0.717) is 12.8 Å². The SMILES string of the molecule is COc1ccc2c(C(C)C(=O)NCCCCCC(O)(P(=O)(O)O)P(=O)(O)O)cccc2c1. The Morgan fingerprint density at radius 2 is 1.72 bits per heavy atom. The van der Waals surface area contributed by atoms with Gasteiger partial charge in [-0.1, -0.05) is 30.7 Å². The zero-order valence-electron chi connectivity index (χ0n) is 17.8. The minimum atomic E-state index is -5.44. The molecular formula is C20H29NO9P2. The van der Waals surface area contributed by atoms with Crippen LogP contribution in [0.25, 0.3) is 10.8 Å². The standard InChI is InChI=1S/C20H29NO9P2/c1-14(17-8-6-7-15-13-16(30-2)9-10-18(15)17)19(22)21-12-5-3-4-11-20(23,31(24,25)26)32(27,28)29/h6-10,13-14,23H,3-5,11-12H2,1-2H3,(H,21,22)(H2,24,25,26)(H2,27,28,29). The number of fused-ring (bicyclic) bond motifs is 1. The molecule has 0 saturated heterocycles. The first-order valence-corrected chi connectivity index (χ1v) is 13.2. The zero-order valence-corrected chi connectivity index (χ0v) is 19.6. The molecule has 6 N–H and O–H groups in total. The number of rotatable bonds is 11. The first kappa shape index (κ1) is 26.5. The van der Waals surface area contributed by atoms with Gasteiger partial charge in [0.2, 0.25) is 5.91 Å². The summed E-state index contributed by atoms with van der Waals surface area (Å²) in [4.78, 5) is 49.1. The molecule has 0 aromatic heterocycles. The molecule has 32 heavy (non-hydrogen) atoms. The summed E-state index contributed by atoms with van der Waals surface area (Å²) in [6.07, 6.45) is -0.0939. The summed E-state index contributed by atoms with van der Waals surface area (Å²) in [5.74, 6) is 0.0907. The van der Waals surface area contributed by atoms with Crippen LogP contribution in [-0.2, 0) is 13.9 Å². The lowest BCUT2D eigenvalue weighted by Crippen LogP contribution is -2.29. The normalized spacial score (nSPS) is 13.7. The van der Waals surface area contributed by atoms with Crippen LogP contribution in [0.5, 0.6) is 5.75 Å². The van der Waals surface area contributed by atoms with Gasteiger partial charge >= 0.3 is 15.2 Å². The molecule has 10 nitrogen and oxygen atoms in total. The van der Waals surface area contributed by atoms with Crippen molar-refractivity contribution in [2.75, 3.05) is 13.7 Å². The second-order valence-electron chi connectivity index (χ2n) is 7.62. The number of methoxy groups -OCH3 is 1. The van der Waals surface area contributed by atoms with E-state index in [-0.39, 0.29) is 18.9 Å². The van der Waals surface area contributed by atoms with Crippen molar-refractivity contribution < 1.29 is 43.3 Å². The molecule has 1 unspecified atom stereocenters. The fourth-order valence-corrected chi connectivity index (χ4v) is 5.68. The maximum atomic E-state index is 12.6. The third-order valence-corrected chi connectivity index (χ3v) is 9.28. The van der Waals surface area contributed by atoms with Crippen molar-refractivity contribution >= 4 is 31.9 Å². The molecule has 0 saturated carbocycles. The van der Waals surface area contributed by atoms with E-state index in [1.54, 1.807) is 14.0 Å². The van der Waals surface area contributed by atoms with E-state index in [2.05, 4.69) is 5.32 Å². The molecule has 2 rings (SSSR count). The van der Waals surface area contributed by atoms with E-state index in [9.17, 15) is 19.0 Å². The number of nitrogens with one attached hydrogen (secondary N) is 1. The van der Waals surface area contributed by atoms with E-state index in [0.717, 1.165) is 22.1 Å². The van der Waals surface area contributed by atoms with Gasteiger partial charge in [0.05, 0.1) is 13.0 Å². The second-order valence-corrected chi connectivity index (χ2v) is 11.6. The van der Waals surface area contributed by atoms with Gasteiger partial charge in [0.15, 0.2) is 0 Å². The number of unbranched alkanes of at least 4 members (excludes halogenated alkanes) is 2. The van der Waals surface area contributed by atoms with Crippen LogP contribution >= 0.6 is 15.2 Å². The highest BCUT2D eigenvalue weighted by atomic mass is 31.2. The molecule has 0 aliphatic heterocycles. The highest BCUT2D eigenvalue weighted by molar-refractivity contribution is 7.72. The van der Waals surface area contributed by atoms with Crippen LogP contribution < -0.4 is 10.1 Å². The highest BCUT2D eigenvalue weighted by Crippen LogP contribution is 2.69. The zero-order chi connectivity index (χ0) is 24.2.